The summed E-state index contributed by atoms with van der Waals surface area (Å²) in [5.74, 6) is 0.495. The van der Waals surface area contributed by atoms with Crippen LogP contribution in [0.1, 0.15) is 25.3 Å². The molecule has 0 spiro atoms. The van der Waals surface area contributed by atoms with Gasteiger partial charge in [0.1, 0.15) is 0 Å². The van der Waals surface area contributed by atoms with Crippen LogP contribution in [0.4, 0.5) is 5.13 Å². The Kier molecular flexibility index (Phi) is 3.49. The van der Waals surface area contributed by atoms with Gasteiger partial charge in [-0.3, -0.25) is 0 Å². The second kappa shape index (κ2) is 4.71. The maximum atomic E-state index is 5.75. The minimum absolute atomic E-state index is 0.495. The second-order valence-corrected chi connectivity index (χ2v) is 6.76. The fourth-order valence-electron chi connectivity index (χ4n) is 1.70. The first-order chi connectivity index (χ1) is 7.59. The topological polar surface area (TPSA) is 38.9 Å². The highest BCUT2D eigenvalue weighted by Gasteiger charge is 2.14. The third kappa shape index (κ3) is 2.22. The number of anilines is 1. The Bertz CT molecular complexity index is 505. The van der Waals surface area contributed by atoms with Gasteiger partial charge in [-0.25, -0.2) is 4.98 Å². The Morgan fingerprint density at radius 2 is 2.00 bits per heavy atom. The third-order valence-corrected chi connectivity index (χ3v) is 4.28. The van der Waals surface area contributed by atoms with Crippen molar-refractivity contribution in [1.29, 1.82) is 0 Å². The van der Waals surface area contributed by atoms with Gasteiger partial charge in [0.2, 0.25) is 0 Å². The van der Waals surface area contributed by atoms with Gasteiger partial charge in [0.25, 0.3) is 0 Å². The zero-order chi connectivity index (χ0) is 11.7. The molecule has 1 aromatic carbocycles. The maximum Gasteiger partial charge on any atom is 0.181 e. The Morgan fingerprint density at radius 3 is 2.56 bits per heavy atom. The van der Waals surface area contributed by atoms with Crippen LogP contribution in [0.5, 0.6) is 0 Å². The molecule has 84 valence electrons. The summed E-state index contributed by atoms with van der Waals surface area (Å²) >= 11 is 3.84. The van der Waals surface area contributed by atoms with Gasteiger partial charge in [0, 0.05) is 5.56 Å². The fourth-order valence-corrected chi connectivity index (χ4v) is 3.36. The summed E-state index contributed by atoms with van der Waals surface area (Å²) < 4.78 is 1.16. The number of rotatable bonds is 2. The predicted octanol–water partition coefficient (Wildman–Crippen LogP) is 4.12. The molecule has 0 saturated heterocycles. The number of hydrogen-bond donors (Lipinski definition) is 1. The molecule has 2 nitrogen and oxygen atoms in total. The monoisotopic (exact) mass is 344 g/mol. The Hall–Kier alpha value is -0.620. The maximum absolute atomic E-state index is 5.75. The van der Waals surface area contributed by atoms with Crippen LogP contribution in [-0.4, -0.2) is 4.98 Å². The first kappa shape index (κ1) is 11.9. The van der Waals surface area contributed by atoms with E-state index >= 15 is 0 Å². The first-order valence-corrected chi connectivity index (χ1v) is 7.00. The number of nitrogens with two attached hydrogens (primary N) is 1. The lowest BCUT2D eigenvalue weighted by Gasteiger charge is -2.10. The van der Waals surface area contributed by atoms with Crippen LogP contribution in [0.25, 0.3) is 11.3 Å². The largest absolute Gasteiger partial charge is 0.375 e. The summed E-state index contributed by atoms with van der Waals surface area (Å²) in [7, 11) is 0. The first-order valence-electron chi connectivity index (χ1n) is 5.10. The Labute approximate surface area is 113 Å². The van der Waals surface area contributed by atoms with Crippen LogP contribution in [-0.2, 0) is 0 Å². The van der Waals surface area contributed by atoms with Gasteiger partial charge in [-0.2, -0.15) is 0 Å². The number of thiazole rings is 1. The molecule has 2 N–H and O–H groups in total. The number of halogens is 1. The van der Waals surface area contributed by atoms with Crippen molar-refractivity contribution in [2.75, 3.05) is 5.73 Å². The molecule has 16 heavy (non-hydrogen) atoms. The van der Waals surface area contributed by atoms with E-state index in [-0.39, 0.29) is 0 Å². The van der Waals surface area contributed by atoms with Crippen LogP contribution in [0.15, 0.2) is 24.3 Å². The van der Waals surface area contributed by atoms with Gasteiger partial charge in [-0.05, 0) is 34.1 Å². The lowest BCUT2D eigenvalue weighted by atomic mass is 9.96. The van der Waals surface area contributed by atoms with E-state index < -0.39 is 0 Å². The van der Waals surface area contributed by atoms with E-state index in [0.29, 0.717) is 11.0 Å². The highest BCUT2D eigenvalue weighted by Crippen LogP contribution is 2.35. The van der Waals surface area contributed by atoms with Crippen LogP contribution in [0.2, 0.25) is 0 Å². The van der Waals surface area contributed by atoms with E-state index in [9.17, 15) is 0 Å². The minimum atomic E-state index is 0.495. The van der Waals surface area contributed by atoms with Crippen molar-refractivity contribution in [3.63, 3.8) is 0 Å². The van der Waals surface area contributed by atoms with Crippen molar-refractivity contribution in [1.82, 2.24) is 4.98 Å². The van der Waals surface area contributed by atoms with Gasteiger partial charge in [0.15, 0.2) is 5.13 Å². The number of benzene rings is 1. The van der Waals surface area contributed by atoms with Gasteiger partial charge < -0.3 is 5.73 Å². The molecular formula is C12H13IN2S. The summed E-state index contributed by atoms with van der Waals surface area (Å²) in [5, 5.41) is 0.637. The standard InChI is InChI=1S/C12H13IN2S/c1-7(2)8-5-3-4-6-9(8)10-11(13)16-12(14)15-10/h3-7H,1-2H3,(H2,14,15). The highest BCUT2D eigenvalue weighted by atomic mass is 127. The van der Waals surface area contributed by atoms with E-state index in [2.05, 4.69) is 59.6 Å². The average molecular weight is 344 g/mol. The van der Waals surface area contributed by atoms with Crippen LogP contribution in [0.3, 0.4) is 0 Å². The quantitative estimate of drug-likeness (QED) is 0.833. The van der Waals surface area contributed by atoms with Gasteiger partial charge >= 0.3 is 0 Å². The SMILES string of the molecule is CC(C)c1ccccc1-c1nc(N)sc1I. The molecule has 0 fully saturated rings. The number of aromatic nitrogens is 1. The van der Waals surface area contributed by atoms with Crippen molar-refractivity contribution in [2.45, 2.75) is 19.8 Å². The second-order valence-electron chi connectivity index (χ2n) is 3.92. The highest BCUT2D eigenvalue weighted by molar-refractivity contribution is 14.1. The van der Waals surface area contributed by atoms with Crippen molar-refractivity contribution in [2.24, 2.45) is 0 Å². The number of nitrogens with zero attached hydrogens (tertiary/aromatic N) is 1. The smallest absolute Gasteiger partial charge is 0.181 e. The zero-order valence-electron chi connectivity index (χ0n) is 9.20. The summed E-state index contributed by atoms with van der Waals surface area (Å²) in [6.45, 7) is 4.39. The lowest BCUT2D eigenvalue weighted by molar-refractivity contribution is 0.868. The van der Waals surface area contributed by atoms with E-state index in [1.807, 2.05) is 6.07 Å². The van der Waals surface area contributed by atoms with Crippen LogP contribution < -0.4 is 5.73 Å². The molecule has 0 amide bonds. The van der Waals surface area contributed by atoms with Crippen molar-refractivity contribution < 1.29 is 0 Å². The van der Waals surface area contributed by atoms with Gasteiger partial charge in [0.05, 0.1) is 8.58 Å². The molecule has 0 aliphatic rings. The van der Waals surface area contributed by atoms with Crippen molar-refractivity contribution in [3.8, 4) is 11.3 Å². The minimum Gasteiger partial charge on any atom is -0.375 e. The molecular weight excluding hydrogens is 331 g/mol. The molecule has 0 aliphatic heterocycles. The summed E-state index contributed by atoms with van der Waals surface area (Å²) in [4.78, 5) is 4.41. The van der Waals surface area contributed by atoms with Crippen molar-refractivity contribution >= 4 is 39.1 Å². The lowest BCUT2D eigenvalue weighted by Crippen LogP contribution is -1.93. The summed E-state index contributed by atoms with van der Waals surface area (Å²) in [6.07, 6.45) is 0. The molecule has 2 rings (SSSR count). The van der Waals surface area contributed by atoms with Gasteiger partial charge in [-0.15, -0.1) is 0 Å². The normalized spacial score (nSPS) is 11.0. The molecule has 0 unspecified atom stereocenters. The molecule has 0 bridgehead atoms. The fraction of sp³-hybridized carbons (Fsp3) is 0.250. The Morgan fingerprint density at radius 1 is 1.31 bits per heavy atom. The van der Waals surface area contributed by atoms with E-state index in [0.717, 1.165) is 8.58 Å². The van der Waals surface area contributed by atoms with E-state index in [4.69, 9.17) is 5.73 Å². The molecule has 0 aliphatic carbocycles. The van der Waals surface area contributed by atoms with Crippen LogP contribution in [0, 0.1) is 2.88 Å². The molecule has 4 heteroatoms. The number of hydrogen-bond acceptors (Lipinski definition) is 3. The molecule has 0 atom stereocenters. The molecule has 0 saturated carbocycles. The molecule has 1 aromatic heterocycles. The van der Waals surface area contributed by atoms with E-state index in [1.165, 1.54) is 22.5 Å². The van der Waals surface area contributed by atoms with Crippen LogP contribution >= 0.6 is 33.9 Å². The molecule has 2 aromatic rings. The predicted molar refractivity (Wildman–Crippen MR) is 78.8 cm³/mol. The summed E-state index contributed by atoms with van der Waals surface area (Å²) in [5.41, 5.74) is 9.29. The van der Waals surface area contributed by atoms with E-state index in [1.54, 1.807) is 0 Å². The number of nitrogen functional groups attached to an aromatic ring is 1. The van der Waals surface area contributed by atoms with Gasteiger partial charge in [-0.1, -0.05) is 49.4 Å². The third-order valence-electron chi connectivity index (χ3n) is 2.44. The zero-order valence-corrected chi connectivity index (χ0v) is 12.2. The summed E-state index contributed by atoms with van der Waals surface area (Å²) in [6, 6.07) is 8.39. The van der Waals surface area contributed by atoms with Crippen molar-refractivity contribution in [3.05, 3.63) is 32.7 Å². The molecule has 0 radical (unpaired) electrons. The average Bonchev–Trinajstić information content (AvgIpc) is 2.57. The Balaban J connectivity index is 2.59. The molecule has 1 heterocycles.